The zero-order chi connectivity index (χ0) is 25.1. The lowest BCUT2D eigenvalue weighted by Gasteiger charge is -2.28. The number of hydrogen-bond acceptors (Lipinski definition) is 4. The first-order valence-corrected chi connectivity index (χ1v) is 13.5. The number of hydrogen-bond donors (Lipinski definition) is 1. The van der Waals surface area contributed by atoms with Crippen molar-refractivity contribution in [3.05, 3.63) is 102 Å². The number of rotatable bonds is 8. The van der Waals surface area contributed by atoms with Gasteiger partial charge in [-0.1, -0.05) is 60.7 Å². The lowest BCUT2D eigenvalue weighted by atomic mass is 10.1. The normalized spacial score (nSPS) is 13.6. The molecule has 0 saturated carbocycles. The largest absolute Gasteiger partial charge is 0.494 e. The summed E-state index contributed by atoms with van der Waals surface area (Å²) in [6.45, 7) is 2.18. The van der Waals surface area contributed by atoms with Crippen molar-refractivity contribution in [2.24, 2.45) is 0 Å². The van der Waals surface area contributed by atoms with E-state index in [1.165, 1.54) is 4.31 Å². The Bertz CT molecular complexity index is 1470. The summed E-state index contributed by atoms with van der Waals surface area (Å²) in [5, 5.41) is 4.33. The van der Waals surface area contributed by atoms with Gasteiger partial charge >= 0.3 is 0 Å². The maximum absolute atomic E-state index is 14.1. The van der Waals surface area contributed by atoms with Gasteiger partial charge in [-0.3, -0.25) is 4.79 Å². The number of benzene rings is 4. The van der Waals surface area contributed by atoms with Crippen molar-refractivity contribution in [1.82, 2.24) is 4.31 Å². The first-order chi connectivity index (χ1) is 17.5. The Labute approximate surface area is 211 Å². The van der Waals surface area contributed by atoms with Gasteiger partial charge in [0.2, 0.25) is 15.9 Å². The summed E-state index contributed by atoms with van der Waals surface area (Å²) in [4.78, 5) is 13.4. The highest BCUT2D eigenvalue weighted by atomic mass is 32.2. The average Bonchev–Trinajstić information content (AvgIpc) is 3.32. The summed E-state index contributed by atoms with van der Waals surface area (Å²) >= 11 is 0. The molecular weight excluding hydrogens is 472 g/mol. The number of fused-ring (bicyclic) bond motifs is 2. The van der Waals surface area contributed by atoms with Crippen LogP contribution in [0.4, 0.5) is 5.69 Å². The van der Waals surface area contributed by atoms with Crippen LogP contribution in [0.1, 0.15) is 18.1 Å². The van der Waals surface area contributed by atoms with Crippen LogP contribution in [-0.4, -0.2) is 37.8 Å². The molecule has 0 bridgehead atoms. The molecule has 0 saturated heterocycles. The van der Waals surface area contributed by atoms with Gasteiger partial charge in [0, 0.05) is 17.1 Å². The maximum Gasteiger partial charge on any atom is 0.244 e. The Morgan fingerprint density at radius 1 is 0.889 bits per heavy atom. The second-order valence-electron chi connectivity index (χ2n) is 8.86. The molecule has 5 rings (SSSR count). The molecule has 7 heteroatoms. The summed E-state index contributed by atoms with van der Waals surface area (Å²) in [6.07, 6.45) is 1.13. The molecule has 0 aliphatic heterocycles. The molecule has 1 amide bonds. The van der Waals surface area contributed by atoms with Crippen LogP contribution in [0, 0.1) is 0 Å². The molecule has 0 unspecified atom stereocenters. The van der Waals surface area contributed by atoms with Crippen molar-refractivity contribution in [3.8, 4) is 5.75 Å². The molecule has 0 aromatic heterocycles. The van der Waals surface area contributed by atoms with Crippen molar-refractivity contribution in [2.45, 2.75) is 30.7 Å². The van der Waals surface area contributed by atoms with Crippen LogP contribution in [-0.2, 0) is 27.7 Å². The molecular formula is C29H28N2O4S. The number of nitrogens with zero attached hydrogens (tertiary/aromatic N) is 1. The topological polar surface area (TPSA) is 75.7 Å². The molecule has 1 N–H and O–H groups in total. The summed E-state index contributed by atoms with van der Waals surface area (Å²) in [5.74, 6) is 0.318. The quantitative estimate of drug-likeness (QED) is 0.368. The fourth-order valence-corrected chi connectivity index (χ4v) is 6.64. The number of amides is 1. The van der Waals surface area contributed by atoms with Gasteiger partial charge in [0.1, 0.15) is 5.75 Å². The minimum atomic E-state index is -3.98. The van der Waals surface area contributed by atoms with Gasteiger partial charge in [0.15, 0.2) is 0 Å². The van der Waals surface area contributed by atoms with Crippen LogP contribution in [0.5, 0.6) is 5.75 Å². The van der Waals surface area contributed by atoms with E-state index in [0.717, 1.165) is 16.5 Å². The van der Waals surface area contributed by atoms with E-state index in [0.29, 0.717) is 36.3 Å². The minimum Gasteiger partial charge on any atom is -0.494 e. The van der Waals surface area contributed by atoms with E-state index in [4.69, 9.17) is 4.74 Å². The summed E-state index contributed by atoms with van der Waals surface area (Å²) in [6, 6.07) is 27.3. The Hall–Kier alpha value is -3.68. The smallest absolute Gasteiger partial charge is 0.244 e. The second kappa shape index (κ2) is 10.1. The number of carbonyl (C=O) groups excluding carboxylic acids is 1. The monoisotopic (exact) mass is 500 g/mol. The number of carbonyl (C=O) groups is 1. The molecule has 0 heterocycles. The van der Waals surface area contributed by atoms with Crippen LogP contribution in [0.25, 0.3) is 10.8 Å². The van der Waals surface area contributed by atoms with Crippen LogP contribution in [0.2, 0.25) is 0 Å². The van der Waals surface area contributed by atoms with Gasteiger partial charge in [0.05, 0.1) is 18.0 Å². The molecule has 1 aliphatic carbocycles. The highest BCUT2D eigenvalue weighted by Crippen LogP contribution is 2.32. The molecule has 0 spiro atoms. The van der Waals surface area contributed by atoms with Gasteiger partial charge in [0.25, 0.3) is 0 Å². The van der Waals surface area contributed by atoms with E-state index >= 15 is 0 Å². The number of ether oxygens (including phenoxy) is 1. The maximum atomic E-state index is 14.1. The lowest BCUT2D eigenvalue weighted by Crippen LogP contribution is -2.45. The van der Waals surface area contributed by atoms with Crippen molar-refractivity contribution < 1.29 is 17.9 Å². The standard InChI is InChI=1S/C29H28N2O4S/c1-2-35-26-16-14-24(15-17-26)30-29(32)20-31(25-18-22-9-3-4-10-23(22)19-25)36(33,34)28-13-7-11-21-8-5-6-12-27(21)28/h3-17,25H,2,18-20H2,1H3,(H,30,32). The Morgan fingerprint density at radius 3 is 2.22 bits per heavy atom. The highest BCUT2D eigenvalue weighted by Gasteiger charge is 2.37. The lowest BCUT2D eigenvalue weighted by molar-refractivity contribution is -0.116. The van der Waals surface area contributed by atoms with Gasteiger partial charge < -0.3 is 10.1 Å². The molecule has 0 fully saturated rings. The molecule has 6 nitrogen and oxygen atoms in total. The van der Waals surface area contributed by atoms with Gasteiger partial charge in [-0.15, -0.1) is 0 Å². The Morgan fingerprint density at radius 2 is 1.53 bits per heavy atom. The van der Waals surface area contributed by atoms with Crippen molar-refractivity contribution in [1.29, 1.82) is 0 Å². The summed E-state index contributed by atoms with van der Waals surface area (Å²) in [5.41, 5.74) is 2.82. The number of sulfonamides is 1. The molecule has 184 valence electrons. The second-order valence-corrected chi connectivity index (χ2v) is 10.7. The third-order valence-corrected chi connectivity index (χ3v) is 8.48. The predicted octanol–water partition coefficient (Wildman–Crippen LogP) is 5.04. The zero-order valence-electron chi connectivity index (χ0n) is 20.1. The summed E-state index contributed by atoms with van der Waals surface area (Å²) in [7, 11) is -3.98. The van der Waals surface area contributed by atoms with E-state index in [1.54, 1.807) is 36.4 Å². The van der Waals surface area contributed by atoms with E-state index in [9.17, 15) is 13.2 Å². The van der Waals surface area contributed by atoms with Gasteiger partial charge in [-0.2, -0.15) is 4.31 Å². The van der Waals surface area contributed by atoms with Crippen LogP contribution in [0.3, 0.4) is 0 Å². The first-order valence-electron chi connectivity index (χ1n) is 12.0. The molecule has 4 aromatic rings. The van der Waals surface area contributed by atoms with E-state index in [2.05, 4.69) is 5.32 Å². The SMILES string of the molecule is CCOc1ccc(NC(=O)CN(C2Cc3ccccc3C2)S(=O)(=O)c2cccc3ccccc23)cc1. The molecule has 0 atom stereocenters. The van der Waals surface area contributed by atoms with Gasteiger partial charge in [-0.25, -0.2) is 8.42 Å². The Kier molecular flexibility index (Phi) is 6.76. The third-order valence-electron chi connectivity index (χ3n) is 6.52. The number of anilines is 1. The van der Waals surface area contributed by atoms with E-state index < -0.39 is 10.0 Å². The third kappa shape index (κ3) is 4.85. The summed E-state index contributed by atoms with van der Waals surface area (Å²) < 4.78 is 35.1. The molecule has 36 heavy (non-hydrogen) atoms. The van der Waals surface area contributed by atoms with Gasteiger partial charge in [-0.05, 0) is 66.6 Å². The van der Waals surface area contributed by atoms with Crippen LogP contribution < -0.4 is 10.1 Å². The fraction of sp³-hybridized carbons (Fsp3) is 0.207. The van der Waals surface area contributed by atoms with Crippen molar-refractivity contribution in [3.63, 3.8) is 0 Å². The number of nitrogens with one attached hydrogen (secondary N) is 1. The van der Waals surface area contributed by atoms with E-state index in [-0.39, 0.29) is 23.4 Å². The zero-order valence-corrected chi connectivity index (χ0v) is 20.9. The molecule has 4 aromatic carbocycles. The van der Waals surface area contributed by atoms with E-state index in [1.807, 2.05) is 61.5 Å². The molecule has 1 aliphatic rings. The minimum absolute atomic E-state index is 0.213. The Balaban J connectivity index is 1.46. The predicted molar refractivity (Wildman–Crippen MR) is 142 cm³/mol. The van der Waals surface area contributed by atoms with Crippen LogP contribution >= 0.6 is 0 Å². The van der Waals surface area contributed by atoms with Crippen molar-refractivity contribution in [2.75, 3.05) is 18.5 Å². The average molecular weight is 501 g/mol. The molecule has 0 radical (unpaired) electrons. The fourth-order valence-electron chi connectivity index (χ4n) is 4.84. The van der Waals surface area contributed by atoms with Crippen molar-refractivity contribution >= 4 is 32.4 Å². The van der Waals surface area contributed by atoms with Crippen LogP contribution in [0.15, 0.2) is 95.9 Å². The first kappa shape index (κ1) is 24.0. The highest BCUT2D eigenvalue weighted by molar-refractivity contribution is 7.89.